The van der Waals surface area contributed by atoms with Gasteiger partial charge in [0.2, 0.25) is 5.91 Å². The van der Waals surface area contributed by atoms with E-state index in [4.69, 9.17) is 9.47 Å². The molecule has 0 aliphatic rings. The van der Waals surface area contributed by atoms with Gasteiger partial charge in [0, 0.05) is 5.69 Å². The maximum Gasteiger partial charge on any atom is 0.268 e. The fourth-order valence-corrected chi connectivity index (χ4v) is 5.04. The minimum atomic E-state index is -4.14. The van der Waals surface area contributed by atoms with E-state index in [9.17, 15) is 13.2 Å². The zero-order valence-electron chi connectivity index (χ0n) is 19.4. The Balaban J connectivity index is 2.03. The van der Waals surface area contributed by atoms with Gasteiger partial charge in [0.15, 0.2) is 0 Å². The maximum atomic E-state index is 13.8. The number of rotatable bonds is 8. The summed E-state index contributed by atoms with van der Waals surface area (Å²) in [6.07, 6.45) is 0. The van der Waals surface area contributed by atoms with Crippen LogP contribution in [0.1, 0.15) is 16.7 Å². The van der Waals surface area contributed by atoms with Crippen molar-refractivity contribution in [2.24, 2.45) is 0 Å². The van der Waals surface area contributed by atoms with Gasteiger partial charge in [-0.25, -0.2) is 8.42 Å². The minimum Gasteiger partial charge on any atom is -0.497 e. The zero-order valence-corrected chi connectivity index (χ0v) is 20.2. The molecule has 1 N–H and O–H groups in total. The lowest BCUT2D eigenvalue weighted by Crippen LogP contribution is -2.38. The van der Waals surface area contributed by atoms with E-state index >= 15 is 0 Å². The van der Waals surface area contributed by atoms with E-state index in [0.29, 0.717) is 17.1 Å². The highest BCUT2D eigenvalue weighted by atomic mass is 32.2. The number of carbonyl (C=O) groups excluding carboxylic acids is 1. The quantitative estimate of drug-likeness (QED) is 0.528. The maximum absolute atomic E-state index is 13.8. The SMILES string of the molecule is COc1ccc(N(CC(=O)Nc2cccc(C)c2C)S(=O)(=O)c2cc(C)ccc2OC)cc1. The average molecular weight is 469 g/mol. The molecule has 8 heteroatoms. The molecule has 3 rings (SSSR count). The highest BCUT2D eigenvalue weighted by Gasteiger charge is 2.30. The van der Waals surface area contributed by atoms with Crippen LogP contribution in [0.5, 0.6) is 11.5 Å². The van der Waals surface area contributed by atoms with Crippen LogP contribution in [0.2, 0.25) is 0 Å². The van der Waals surface area contributed by atoms with Gasteiger partial charge in [-0.2, -0.15) is 0 Å². The molecule has 0 saturated heterocycles. The van der Waals surface area contributed by atoms with Gasteiger partial charge in [-0.05, 0) is 79.9 Å². The Morgan fingerprint density at radius 3 is 2.27 bits per heavy atom. The first-order valence-electron chi connectivity index (χ1n) is 10.3. The highest BCUT2D eigenvalue weighted by molar-refractivity contribution is 7.93. The van der Waals surface area contributed by atoms with Crippen molar-refractivity contribution >= 4 is 27.3 Å². The van der Waals surface area contributed by atoms with Gasteiger partial charge >= 0.3 is 0 Å². The number of amides is 1. The van der Waals surface area contributed by atoms with E-state index < -0.39 is 22.5 Å². The van der Waals surface area contributed by atoms with Crippen molar-refractivity contribution in [3.05, 3.63) is 77.4 Å². The predicted molar refractivity (Wildman–Crippen MR) is 130 cm³/mol. The van der Waals surface area contributed by atoms with Crippen molar-refractivity contribution in [2.75, 3.05) is 30.4 Å². The fourth-order valence-electron chi connectivity index (χ4n) is 3.37. The van der Waals surface area contributed by atoms with Gasteiger partial charge in [-0.15, -0.1) is 0 Å². The highest BCUT2D eigenvalue weighted by Crippen LogP contribution is 2.31. The van der Waals surface area contributed by atoms with Gasteiger partial charge in [0.05, 0.1) is 19.9 Å². The van der Waals surface area contributed by atoms with Gasteiger partial charge in [-0.3, -0.25) is 9.10 Å². The van der Waals surface area contributed by atoms with E-state index in [-0.39, 0.29) is 10.6 Å². The van der Waals surface area contributed by atoms with Crippen LogP contribution in [0.25, 0.3) is 0 Å². The lowest BCUT2D eigenvalue weighted by atomic mass is 10.1. The molecule has 33 heavy (non-hydrogen) atoms. The summed E-state index contributed by atoms with van der Waals surface area (Å²) in [5.74, 6) is 0.313. The number of carbonyl (C=O) groups is 1. The van der Waals surface area contributed by atoms with Crippen LogP contribution < -0.4 is 19.1 Å². The predicted octanol–water partition coefficient (Wildman–Crippen LogP) is 4.46. The third kappa shape index (κ3) is 5.28. The summed E-state index contributed by atoms with van der Waals surface area (Å²) in [5, 5.41) is 2.84. The van der Waals surface area contributed by atoms with E-state index in [0.717, 1.165) is 21.0 Å². The largest absolute Gasteiger partial charge is 0.497 e. The number of nitrogens with zero attached hydrogens (tertiary/aromatic N) is 1. The molecule has 0 aliphatic heterocycles. The van der Waals surface area contributed by atoms with Gasteiger partial charge in [0.1, 0.15) is 22.9 Å². The van der Waals surface area contributed by atoms with E-state index in [2.05, 4.69) is 5.32 Å². The molecule has 0 heterocycles. The molecule has 1 amide bonds. The Kier molecular flexibility index (Phi) is 7.28. The first-order chi connectivity index (χ1) is 15.7. The Bertz CT molecular complexity index is 1250. The number of nitrogens with one attached hydrogen (secondary N) is 1. The molecular weight excluding hydrogens is 440 g/mol. The molecule has 0 radical (unpaired) electrons. The number of hydrogen-bond acceptors (Lipinski definition) is 5. The number of anilines is 2. The molecule has 3 aromatic carbocycles. The van der Waals surface area contributed by atoms with Gasteiger partial charge in [-0.1, -0.05) is 18.2 Å². The van der Waals surface area contributed by atoms with E-state index in [1.807, 2.05) is 26.0 Å². The monoisotopic (exact) mass is 468 g/mol. The summed E-state index contributed by atoms with van der Waals surface area (Å²) < 4.78 is 39.1. The summed E-state index contributed by atoms with van der Waals surface area (Å²) in [6, 6.07) is 17.0. The topological polar surface area (TPSA) is 84.9 Å². The van der Waals surface area contributed by atoms with Crippen LogP contribution in [0.3, 0.4) is 0 Å². The molecule has 7 nitrogen and oxygen atoms in total. The lowest BCUT2D eigenvalue weighted by Gasteiger charge is -2.25. The van der Waals surface area contributed by atoms with Crippen LogP contribution in [0.4, 0.5) is 11.4 Å². The normalized spacial score (nSPS) is 11.1. The second-order valence-corrected chi connectivity index (χ2v) is 9.49. The van der Waals surface area contributed by atoms with Gasteiger partial charge in [0.25, 0.3) is 10.0 Å². The van der Waals surface area contributed by atoms with Crippen LogP contribution >= 0.6 is 0 Å². The van der Waals surface area contributed by atoms with Crippen molar-refractivity contribution in [3.63, 3.8) is 0 Å². The minimum absolute atomic E-state index is 0.0136. The summed E-state index contributed by atoms with van der Waals surface area (Å²) in [4.78, 5) is 13.0. The summed E-state index contributed by atoms with van der Waals surface area (Å²) in [6.45, 7) is 5.23. The first-order valence-corrected chi connectivity index (χ1v) is 11.8. The molecule has 3 aromatic rings. The van der Waals surface area contributed by atoms with Crippen molar-refractivity contribution in [2.45, 2.75) is 25.7 Å². The van der Waals surface area contributed by atoms with Crippen molar-refractivity contribution < 1.29 is 22.7 Å². The molecular formula is C25H28N2O5S. The second-order valence-electron chi connectivity index (χ2n) is 7.66. The van der Waals surface area contributed by atoms with Crippen molar-refractivity contribution in [3.8, 4) is 11.5 Å². The van der Waals surface area contributed by atoms with Gasteiger partial charge < -0.3 is 14.8 Å². The second kappa shape index (κ2) is 9.95. The molecule has 0 unspecified atom stereocenters. The third-order valence-corrected chi connectivity index (χ3v) is 7.21. The van der Waals surface area contributed by atoms with Crippen LogP contribution in [-0.2, 0) is 14.8 Å². The Labute approximate surface area is 195 Å². The Morgan fingerprint density at radius 2 is 1.64 bits per heavy atom. The molecule has 0 aliphatic carbocycles. The summed E-state index contributed by atoms with van der Waals surface area (Å²) in [7, 11) is -1.20. The molecule has 0 atom stereocenters. The Morgan fingerprint density at radius 1 is 0.939 bits per heavy atom. The molecule has 0 spiro atoms. The fraction of sp³-hybridized carbons (Fsp3) is 0.240. The number of sulfonamides is 1. The van der Waals surface area contributed by atoms with Crippen molar-refractivity contribution in [1.82, 2.24) is 0 Å². The average Bonchev–Trinajstić information content (AvgIpc) is 2.80. The lowest BCUT2D eigenvalue weighted by molar-refractivity contribution is -0.114. The van der Waals surface area contributed by atoms with E-state index in [1.54, 1.807) is 49.4 Å². The van der Waals surface area contributed by atoms with Crippen LogP contribution in [0, 0.1) is 20.8 Å². The molecule has 0 aromatic heterocycles. The smallest absolute Gasteiger partial charge is 0.268 e. The number of methoxy groups -OCH3 is 2. The molecule has 174 valence electrons. The third-order valence-electron chi connectivity index (χ3n) is 5.41. The number of aryl methyl sites for hydroxylation is 2. The zero-order chi connectivity index (χ0) is 24.2. The first kappa shape index (κ1) is 24.1. The number of hydrogen-bond donors (Lipinski definition) is 1. The van der Waals surface area contributed by atoms with Crippen LogP contribution in [0.15, 0.2) is 65.6 Å². The molecule has 0 saturated carbocycles. The van der Waals surface area contributed by atoms with Crippen molar-refractivity contribution in [1.29, 1.82) is 0 Å². The number of ether oxygens (including phenoxy) is 2. The Hall–Kier alpha value is -3.52. The summed E-state index contributed by atoms with van der Waals surface area (Å²) in [5.41, 5.74) is 3.67. The van der Waals surface area contributed by atoms with Crippen LogP contribution in [-0.4, -0.2) is 35.1 Å². The molecule has 0 bridgehead atoms. The standard InChI is InChI=1S/C25H28N2O5S/c1-17-9-14-23(32-5)24(15-17)33(29,30)27(20-10-12-21(31-4)13-11-20)16-25(28)26-22-8-6-7-18(2)19(22)3/h6-15H,16H2,1-5H3,(H,26,28). The number of benzene rings is 3. The summed E-state index contributed by atoms with van der Waals surface area (Å²) >= 11 is 0. The van der Waals surface area contributed by atoms with E-state index in [1.165, 1.54) is 20.3 Å². The molecule has 0 fully saturated rings.